The topological polar surface area (TPSA) is 42.0 Å². The van der Waals surface area contributed by atoms with Crippen LogP contribution in [0.25, 0.3) is 0 Å². The second-order valence-corrected chi connectivity index (χ2v) is 6.68. The summed E-state index contributed by atoms with van der Waals surface area (Å²) in [5, 5.41) is 2.39. The van der Waals surface area contributed by atoms with Crippen molar-refractivity contribution < 1.29 is 31.1 Å². The van der Waals surface area contributed by atoms with Gasteiger partial charge < -0.3 is 5.32 Å². The van der Waals surface area contributed by atoms with Gasteiger partial charge in [-0.2, -0.15) is 26.3 Å². The van der Waals surface area contributed by atoms with E-state index in [1.165, 1.54) is 6.07 Å². The molecule has 0 saturated heterocycles. The van der Waals surface area contributed by atoms with Gasteiger partial charge >= 0.3 is 12.4 Å². The molecule has 1 aromatic heterocycles. The Morgan fingerprint density at radius 1 is 1.07 bits per heavy atom. The highest BCUT2D eigenvalue weighted by Crippen LogP contribution is 2.33. The third-order valence-corrected chi connectivity index (χ3v) is 4.62. The Morgan fingerprint density at radius 3 is 2.33 bits per heavy atom. The second-order valence-electron chi connectivity index (χ2n) is 5.19. The summed E-state index contributed by atoms with van der Waals surface area (Å²) >= 11 is 6.76. The number of aromatic nitrogens is 1. The molecule has 1 heterocycles. The fraction of sp³-hybridized carbons (Fsp3) is 0.250. The summed E-state index contributed by atoms with van der Waals surface area (Å²) in [5.41, 5.74) is -2.07. The molecule has 2 rings (SSSR count). The summed E-state index contributed by atoms with van der Waals surface area (Å²) in [7, 11) is 0. The van der Waals surface area contributed by atoms with Gasteiger partial charge in [0.15, 0.2) is 0 Å². The minimum atomic E-state index is -4.56. The summed E-state index contributed by atoms with van der Waals surface area (Å²) in [4.78, 5) is 15.5. The highest BCUT2D eigenvalue weighted by molar-refractivity contribution is 7.99. The number of pyridine rings is 1. The molecule has 0 unspecified atom stereocenters. The van der Waals surface area contributed by atoms with Crippen molar-refractivity contribution in [2.45, 2.75) is 17.4 Å². The fourth-order valence-corrected chi connectivity index (χ4v) is 2.99. The summed E-state index contributed by atoms with van der Waals surface area (Å²) in [5.74, 6) is -0.490. The number of carbonyl (C=O) groups is 1. The van der Waals surface area contributed by atoms with Crippen LogP contribution >= 0.6 is 23.4 Å². The first-order chi connectivity index (χ1) is 12.5. The van der Waals surface area contributed by atoms with E-state index in [2.05, 4.69) is 10.3 Å². The van der Waals surface area contributed by atoms with Gasteiger partial charge in [0.2, 0.25) is 0 Å². The number of alkyl halides is 6. The minimum absolute atomic E-state index is 0.0543. The molecule has 0 atom stereocenters. The van der Waals surface area contributed by atoms with Crippen LogP contribution in [0.3, 0.4) is 0 Å². The van der Waals surface area contributed by atoms with Crippen LogP contribution < -0.4 is 5.32 Å². The molecule has 0 aliphatic heterocycles. The Balaban J connectivity index is 1.89. The van der Waals surface area contributed by atoms with E-state index in [1.807, 2.05) is 0 Å². The maximum absolute atomic E-state index is 12.6. The van der Waals surface area contributed by atoms with Crippen LogP contribution in [0, 0.1) is 0 Å². The molecule has 0 bridgehead atoms. The molecule has 3 nitrogen and oxygen atoms in total. The number of hydrogen-bond acceptors (Lipinski definition) is 3. The number of thioether (sulfide) groups is 1. The lowest BCUT2D eigenvalue weighted by atomic mass is 10.1. The van der Waals surface area contributed by atoms with Gasteiger partial charge in [-0.15, -0.1) is 11.8 Å². The Bertz CT molecular complexity index is 825. The highest BCUT2D eigenvalue weighted by Gasteiger charge is 2.32. The molecule has 1 amide bonds. The summed E-state index contributed by atoms with van der Waals surface area (Å²) < 4.78 is 75.5. The van der Waals surface area contributed by atoms with E-state index in [4.69, 9.17) is 11.6 Å². The number of nitrogens with one attached hydrogen (secondary N) is 1. The predicted octanol–water partition coefficient (Wildman–Crippen LogP) is 5.29. The number of nitrogens with zero attached hydrogens (tertiary/aromatic N) is 1. The number of benzene rings is 1. The van der Waals surface area contributed by atoms with Crippen LogP contribution in [0.1, 0.15) is 21.5 Å². The van der Waals surface area contributed by atoms with Gasteiger partial charge in [-0.25, -0.2) is 4.98 Å². The quantitative estimate of drug-likeness (QED) is 0.399. The number of rotatable bonds is 5. The van der Waals surface area contributed by atoms with Crippen molar-refractivity contribution in [3.05, 3.63) is 58.2 Å². The normalized spacial score (nSPS) is 12.1. The molecule has 0 saturated carbocycles. The third-order valence-electron chi connectivity index (χ3n) is 3.21. The van der Waals surface area contributed by atoms with Crippen LogP contribution in [0.4, 0.5) is 26.3 Å². The van der Waals surface area contributed by atoms with E-state index in [-0.39, 0.29) is 27.9 Å². The second kappa shape index (κ2) is 8.39. The smallest absolute Gasteiger partial charge is 0.351 e. The largest absolute Gasteiger partial charge is 0.417 e. The molecule has 1 aromatic carbocycles. The van der Waals surface area contributed by atoms with Crippen molar-refractivity contribution in [3.8, 4) is 0 Å². The predicted molar refractivity (Wildman–Crippen MR) is 88.8 cm³/mol. The maximum Gasteiger partial charge on any atom is 0.417 e. The van der Waals surface area contributed by atoms with E-state index < -0.39 is 29.4 Å². The molecule has 0 fully saturated rings. The average Bonchev–Trinajstić information content (AvgIpc) is 2.58. The fourth-order valence-electron chi connectivity index (χ4n) is 1.94. The summed E-state index contributed by atoms with van der Waals surface area (Å²) in [6.45, 7) is 0.0543. The van der Waals surface area contributed by atoms with Crippen LogP contribution in [0.2, 0.25) is 5.02 Å². The third kappa shape index (κ3) is 6.03. The first-order valence-corrected chi connectivity index (χ1v) is 8.66. The molecule has 1 N–H and O–H groups in total. The SMILES string of the molecule is O=C(NCCSc1ncc(C(F)(F)F)cc1Cl)c1cccc(C(F)(F)F)c1. The minimum Gasteiger partial charge on any atom is -0.351 e. The van der Waals surface area contributed by atoms with E-state index in [9.17, 15) is 31.1 Å². The molecular formula is C16H11ClF6N2OS. The van der Waals surface area contributed by atoms with Crippen molar-refractivity contribution in [1.29, 1.82) is 0 Å². The highest BCUT2D eigenvalue weighted by atomic mass is 35.5. The average molecular weight is 429 g/mol. The lowest BCUT2D eigenvalue weighted by Crippen LogP contribution is -2.26. The first kappa shape index (κ1) is 21.4. The number of halogens is 7. The zero-order valence-electron chi connectivity index (χ0n) is 13.3. The van der Waals surface area contributed by atoms with Gasteiger partial charge in [-0.3, -0.25) is 4.79 Å². The van der Waals surface area contributed by atoms with Crippen molar-refractivity contribution in [2.75, 3.05) is 12.3 Å². The zero-order chi connectivity index (χ0) is 20.2. The van der Waals surface area contributed by atoms with Crippen molar-refractivity contribution in [1.82, 2.24) is 10.3 Å². The van der Waals surface area contributed by atoms with Crippen molar-refractivity contribution in [2.24, 2.45) is 0 Å². The monoisotopic (exact) mass is 428 g/mol. The van der Waals surface area contributed by atoms with Gasteiger partial charge in [-0.05, 0) is 24.3 Å². The zero-order valence-corrected chi connectivity index (χ0v) is 14.9. The summed E-state index contributed by atoms with van der Waals surface area (Å²) in [6, 6.07) is 4.70. The van der Waals surface area contributed by atoms with Crippen LogP contribution in [0.5, 0.6) is 0 Å². The number of amides is 1. The Hall–Kier alpha value is -1.94. The van der Waals surface area contributed by atoms with E-state index >= 15 is 0 Å². The molecule has 27 heavy (non-hydrogen) atoms. The number of carbonyl (C=O) groups excluding carboxylic acids is 1. The molecule has 0 radical (unpaired) electrons. The van der Waals surface area contributed by atoms with Gasteiger partial charge in [0, 0.05) is 24.1 Å². The number of hydrogen-bond donors (Lipinski definition) is 1. The lowest BCUT2D eigenvalue weighted by molar-refractivity contribution is -0.138. The Kier molecular flexibility index (Phi) is 6.63. The molecule has 0 aliphatic carbocycles. The van der Waals surface area contributed by atoms with Crippen molar-refractivity contribution in [3.63, 3.8) is 0 Å². The van der Waals surface area contributed by atoms with Crippen LogP contribution in [0.15, 0.2) is 41.6 Å². The van der Waals surface area contributed by atoms with E-state index in [0.29, 0.717) is 6.20 Å². The van der Waals surface area contributed by atoms with Crippen LogP contribution in [-0.2, 0) is 12.4 Å². The maximum atomic E-state index is 12.6. The van der Waals surface area contributed by atoms with Gasteiger partial charge in [0.1, 0.15) is 5.03 Å². The van der Waals surface area contributed by atoms with Gasteiger partial charge in [0.05, 0.1) is 16.1 Å². The molecule has 11 heteroatoms. The molecule has 2 aromatic rings. The van der Waals surface area contributed by atoms with Gasteiger partial charge in [-0.1, -0.05) is 17.7 Å². The Morgan fingerprint density at radius 2 is 1.74 bits per heavy atom. The van der Waals surface area contributed by atoms with E-state index in [1.54, 1.807) is 0 Å². The molecule has 0 aliphatic rings. The molecule has 0 spiro atoms. The molecule has 146 valence electrons. The van der Waals surface area contributed by atoms with Crippen LogP contribution in [-0.4, -0.2) is 23.2 Å². The van der Waals surface area contributed by atoms with E-state index in [0.717, 1.165) is 36.0 Å². The molecular weight excluding hydrogens is 418 g/mol. The standard InChI is InChI=1S/C16H11ClF6N2OS/c17-12-7-11(16(21,22)23)8-25-14(12)27-5-4-24-13(26)9-2-1-3-10(6-9)15(18,19)20/h1-3,6-8H,4-5H2,(H,24,26). The van der Waals surface area contributed by atoms with Crippen molar-refractivity contribution >= 4 is 29.3 Å². The lowest BCUT2D eigenvalue weighted by Gasteiger charge is -2.10. The first-order valence-electron chi connectivity index (χ1n) is 7.29. The Labute approximate surface area is 159 Å². The van der Waals surface area contributed by atoms with Gasteiger partial charge in [0.25, 0.3) is 5.91 Å². The summed E-state index contributed by atoms with van der Waals surface area (Å²) in [6.07, 6.45) is -8.47.